The van der Waals surface area contributed by atoms with Gasteiger partial charge in [-0.05, 0) is 91.9 Å². The predicted molar refractivity (Wildman–Crippen MR) is 117 cm³/mol. The maximum absolute atomic E-state index is 6.01. The van der Waals surface area contributed by atoms with Crippen molar-refractivity contribution >= 4 is 0 Å². The highest BCUT2D eigenvalue weighted by atomic mass is 16.5. The molecule has 0 bridgehead atoms. The number of rotatable bonds is 8. The molecule has 2 saturated carbocycles. The van der Waals surface area contributed by atoms with Crippen LogP contribution in [-0.2, 0) is 0 Å². The third-order valence-electron chi connectivity index (χ3n) is 7.24. The molecule has 0 aliphatic heterocycles. The first-order chi connectivity index (χ1) is 13.2. The minimum Gasteiger partial charge on any atom is -0.494 e. The highest BCUT2D eigenvalue weighted by molar-refractivity contribution is 5.40. The summed E-state index contributed by atoms with van der Waals surface area (Å²) in [6.07, 6.45) is 16.5. The van der Waals surface area contributed by atoms with E-state index in [1.807, 2.05) is 0 Å². The number of benzene rings is 1. The summed E-state index contributed by atoms with van der Waals surface area (Å²) < 4.78 is 6.01. The van der Waals surface area contributed by atoms with Crippen LogP contribution in [0.25, 0.3) is 0 Å². The molecule has 152 valence electrons. The summed E-state index contributed by atoms with van der Waals surface area (Å²) in [7, 11) is 0. The van der Waals surface area contributed by atoms with Gasteiger partial charge in [-0.2, -0.15) is 0 Å². The third kappa shape index (κ3) is 5.75. The van der Waals surface area contributed by atoms with E-state index in [9.17, 15) is 0 Å². The van der Waals surface area contributed by atoms with Gasteiger partial charge in [0.15, 0.2) is 0 Å². The minimum absolute atomic E-state index is 0.763. The normalized spacial score (nSPS) is 28.9. The number of ether oxygens (including phenoxy) is 1. The lowest BCUT2D eigenvalue weighted by molar-refractivity contribution is 0.298. The van der Waals surface area contributed by atoms with Crippen LogP contribution in [0.1, 0.15) is 121 Å². The van der Waals surface area contributed by atoms with Gasteiger partial charge in [0.25, 0.3) is 0 Å². The van der Waals surface area contributed by atoms with Gasteiger partial charge in [0, 0.05) is 0 Å². The first-order valence-electron chi connectivity index (χ1n) is 12.0. The van der Waals surface area contributed by atoms with Crippen molar-refractivity contribution in [2.75, 3.05) is 6.61 Å². The summed E-state index contributed by atoms with van der Waals surface area (Å²) in [5.41, 5.74) is 3.32. The Labute approximate surface area is 168 Å². The zero-order valence-electron chi connectivity index (χ0n) is 18.1. The van der Waals surface area contributed by atoms with E-state index in [-0.39, 0.29) is 0 Å². The topological polar surface area (TPSA) is 9.23 Å². The molecule has 0 unspecified atom stereocenters. The Morgan fingerprint density at radius 3 is 2.15 bits per heavy atom. The zero-order chi connectivity index (χ0) is 19.1. The van der Waals surface area contributed by atoms with Crippen LogP contribution in [0.4, 0.5) is 0 Å². The van der Waals surface area contributed by atoms with E-state index in [0.29, 0.717) is 0 Å². The molecule has 0 atom stereocenters. The van der Waals surface area contributed by atoms with Crippen LogP contribution in [0.3, 0.4) is 0 Å². The van der Waals surface area contributed by atoms with Crippen molar-refractivity contribution < 1.29 is 4.74 Å². The van der Waals surface area contributed by atoms with Gasteiger partial charge in [0.05, 0.1) is 6.61 Å². The number of hydrogen-bond acceptors (Lipinski definition) is 1. The molecule has 0 spiro atoms. The molecule has 0 heterocycles. The second-order valence-electron chi connectivity index (χ2n) is 9.46. The van der Waals surface area contributed by atoms with Crippen molar-refractivity contribution in [2.24, 2.45) is 11.8 Å². The standard InChI is InChI=1S/C26H42O/c1-4-6-7-21-10-14-22(15-11-21)25-17-16-24(27-18-5-2)19-26(25)23-12-8-20(3)9-13-23/h16-17,19-23H,4-15,18H2,1-3H3. The second-order valence-corrected chi connectivity index (χ2v) is 9.46. The SMILES string of the molecule is CCCCC1CCC(c2ccc(OCCC)cc2C2CCC(C)CC2)CC1. The highest BCUT2D eigenvalue weighted by Crippen LogP contribution is 2.44. The van der Waals surface area contributed by atoms with Gasteiger partial charge in [0.2, 0.25) is 0 Å². The van der Waals surface area contributed by atoms with Gasteiger partial charge in [-0.3, -0.25) is 0 Å². The molecule has 0 radical (unpaired) electrons. The lowest BCUT2D eigenvalue weighted by atomic mass is 9.72. The molecule has 27 heavy (non-hydrogen) atoms. The van der Waals surface area contributed by atoms with Crippen LogP contribution in [0.5, 0.6) is 5.75 Å². The van der Waals surface area contributed by atoms with E-state index in [1.54, 1.807) is 11.1 Å². The molecule has 0 aromatic heterocycles. The number of hydrogen-bond donors (Lipinski definition) is 0. The summed E-state index contributed by atoms with van der Waals surface area (Å²) in [5, 5.41) is 0. The maximum atomic E-state index is 6.01. The lowest BCUT2D eigenvalue weighted by Crippen LogP contribution is -2.17. The van der Waals surface area contributed by atoms with Crippen LogP contribution in [-0.4, -0.2) is 6.61 Å². The molecule has 2 aliphatic carbocycles. The molecule has 1 aromatic carbocycles. The first-order valence-corrected chi connectivity index (χ1v) is 12.0. The monoisotopic (exact) mass is 370 g/mol. The molecule has 0 N–H and O–H groups in total. The Morgan fingerprint density at radius 2 is 1.48 bits per heavy atom. The Kier molecular flexibility index (Phi) is 8.09. The fourth-order valence-corrected chi connectivity index (χ4v) is 5.41. The van der Waals surface area contributed by atoms with Gasteiger partial charge < -0.3 is 4.74 Å². The molecule has 1 heteroatoms. The molecule has 2 aliphatic rings. The van der Waals surface area contributed by atoms with Crippen molar-refractivity contribution in [3.05, 3.63) is 29.3 Å². The van der Waals surface area contributed by atoms with Gasteiger partial charge in [-0.15, -0.1) is 0 Å². The van der Waals surface area contributed by atoms with E-state index in [2.05, 4.69) is 39.0 Å². The fourth-order valence-electron chi connectivity index (χ4n) is 5.41. The highest BCUT2D eigenvalue weighted by Gasteiger charge is 2.28. The van der Waals surface area contributed by atoms with E-state index >= 15 is 0 Å². The van der Waals surface area contributed by atoms with Crippen LogP contribution in [0.2, 0.25) is 0 Å². The average molecular weight is 371 g/mol. The molecular formula is C26H42O. The van der Waals surface area contributed by atoms with Crippen LogP contribution in [0.15, 0.2) is 18.2 Å². The van der Waals surface area contributed by atoms with Crippen molar-refractivity contribution in [3.63, 3.8) is 0 Å². The first kappa shape index (κ1) is 20.7. The van der Waals surface area contributed by atoms with Crippen LogP contribution < -0.4 is 4.74 Å². The van der Waals surface area contributed by atoms with E-state index < -0.39 is 0 Å². The summed E-state index contributed by atoms with van der Waals surface area (Å²) in [5.74, 6) is 4.56. The average Bonchev–Trinajstić information content (AvgIpc) is 2.71. The quantitative estimate of drug-likeness (QED) is 0.447. The minimum atomic E-state index is 0.763. The van der Waals surface area contributed by atoms with Crippen molar-refractivity contribution in [3.8, 4) is 5.75 Å². The molecule has 3 rings (SSSR count). The third-order valence-corrected chi connectivity index (χ3v) is 7.24. The molecule has 1 nitrogen and oxygen atoms in total. The summed E-state index contributed by atoms with van der Waals surface area (Å²) in [6, 6.07) is 7.12. The Bertz CT molecular complexity index is 547. The number of unbranched alkanes of at least 4 members (excludes halogenated alkanes) is 1. The van der Waals surface area contributed by atoms with Crippen LogP contribution >= 0.6 is 0 Å². The Morgan fingerprint density at radius 1 is 0.815 bits per heavy atom. The van der Waals surface area contributed by atoms with Gasteiger partial charge in [-0.25, -0.2) is 0 Å². The second kappa shape index (κ2) is 10.5. The largest absolute Gasteiger partial charge is 0.494 e. The van der Waals surface area contributed by atoms with Crippen molar-refractivity contribution in [2.45, 2.75) is 110 Å². The molecular weight excluding hydrogens is 328 g/mol. The van der Waals surface area contributed by atoms with Crippen molar-refractivity contribution in [1.29, 1.82) is 0 Å². The molecule has 1 aromatic rings. The van der Waals surface area contributed by atoms with Gasteiger partial charge in [-0.1, -0.05) is 58.9 Å². The van der Waals surface area contributed by atoms with E-state index in [1.165, 1.54) is 70.6 Å². The molecule has 2 fully saturated rings. The summed E-state index contributed by atoms with van der Waals surface area (Å²) in [4.78, 5) is 0. The fraction of sp³-hybridized carbons (Fsp3) is 0.769. The Hall–Kier alpha value is -0.980. The zero-order valence-corrected chi connectivity index (χ0v) is 18.1. The van der Waals surface area contributed by atoms with Gasteiger partial charge in [0.1, 0.15) is 5.75 Å². The van der Waals surface area contributed by atoms with Gasteiger partial charge >= 0.3 is 0 Å². The molecule has 0 saturated heterocycles. The lowest BCUT2D eigenvalue weighted by Gasteiger charge is -2.33. The van der Waals surface area contributed by atoms with Crippen molar-refractivity contribution in [1.82, 2.24) is 0 Å². The van der Waals surface area contributed by atoms with Crippen LogP contribution in [0, 0.1) is 11.8 Å². The Balaban J connectivity index is 1.73. The summed E-state index contributed by atoms with van der Waals surface area (Å²) in [6.45, 7) is 7.78. The predicted octanol–water partition coefficient (Wildman–Crippen LogP) is 8.23. The molecule has 0 amide bonds. The summed E-state index contributed by atoms with van der Waals surface area (Å²) >= 11 is 0. The van der Waals surface area contributed by atoms with E-state index in [4.69, 9.17) is 4.74 Å². The van der Waals surface area contributed by atoms with E-state index in [0.717, 1.165) is 42.4 Å². The smallest absolute Gasteiger partial charge is 0.119 e. The maximum Gasteiger partial charge on any atom is 0.119 e.